The van der Waals surface area contributed by atoms with Gasteiger partial charge in [-0.25, -0.2) is 0 Å². The lowest BCUT2D eigenvalue weighted by Gasteiger charge is -2.34. The molecule has 0 radical (unpaired) electrons. The van der Waals surface area contributed by atoms with Crippen molar-refractivity contribution in [1.29, 1.82) is 0 Å². The SMILES string of the molecule is CCCCCCCCCCCCCCC(C)N([O-])CCC. The molecule has 0 rings (SSSR count). The molecule has 2 heteroatoms. The Bertz CT molecular complexity index is 196. The average molecular weight is 299 g/mol. The standard InChI is InChI=1S/C19H40NO/c1-4-6-7-8-9-10-11-12-13-14-15-16-17-19(3)20(21)18-5-2/h19H,4-18H2,1-3H3/q-1. The third-order valence-electron chi connectivity index (χ3n) is 4.41. The molecule has 0 aliphatic heterocycles. The van der Waals surface area contributed by atoms with Gasteiger partial charge in [0.2, 0.25) is 0 Å². The minimum Gasteiger partial charge on any atom is -0.785 e. The summed E-state index contributed by atoms with van der Waals surface area (Å²) in [4.78, 5) is 0. The van der Waals surface area contributed by atoms with Crippen molar-refractivity contribution in [2.75, 3.05) is 6.54 Å². The summed E-state index contributed by atoms with van der Waals surface area (Å²) in [6.07, 6.45) is 18.7. The summed E-state index contributed by atoms with van der Waals surface area (Å²) in [5.74, 6) is 0. The van der Waals surface area contributed by atoms with E-state index in [9.17, 15) is 5.21 Å². The van der Waals surface area contributed by atoms with Crippen molar-refractivity contribution in [1.82, 2.24) is 5.06 Å². The van der Waals surface area contributed by atoms with Crippen molar-refractivity contribution in [3.63, 3.8) is 0 Å². The van der Waals surface area contributed by atoms with Crippen molar-refractivity contribution < 1.29 is 0 Å². The van der Waals surface area contributed by atoms with Crippen LogP contribution in [0.5, 0.6) is 0 Å². The van der Waals surface area contributed by atoms with Crippen molar-refractivity contribution in [3.05, 3.63) is 5.21 Å². The monoisotopic (exact) mass is 298 g/mol. The predicted octanol–water partition coefficient (Wildman–Crippen LogP) is 6.68. The highest BCUT2D eigenvalue weighted by molar-refractivity contribution is 4.66. The number of hydrogen-bond acceptors (Lipinski definition) is 2. The molecule has 0 spiro atoms. The Morgan fingerprint density at radius 3 is 1.52 bits per heavy atom. The van der Waals surface area contributed by atoms with Crippen LogP contribution >= 0.6 is 0 Å². The lowest BCUT2D eigenvalue weighted by molar-refractivity contribution is 0.275. The van der Waals surface area contributed by atoms with Gasteiger partial charge in [-0.05, 0) is 25.4 Å². The largest absolute Gasteiger partial charge is 0.785 e. The summed E-state index contributed by atoms with van der Waals surface area (Å²) in [5, 5.41) is 12.9. The summed E-state index contributed by atoms with van der Waals surface area (Å²) < 4.78 is 0. The average Bonchev–Trinajstić information content (AvgIpc) is 2.48. The Morgan fingerprint density at radius 1 is 0.667 bits per heavy atom. The van der Waals surface area contributed by atoms with Crippen LogP contribution in [0.2, 0.25) is 0 Å². The first-order valence-electron chi connectivity index (χ1n) is 9.66. The van der Waals surface area contributed by atoms with Gasteiger partial charge in [0.15, 0.2) is 0 Å². The smallest absolute Gasteiger partial charge is 0.00550 e. The maximum absolute atomic E-state index is 11.6. The predicted molar refractivity (Wildman–Crippen MR) is 95.5 cm³/mol. The van der Waals surface area contributed by atoms with E-state index in [0.29, 0.717) is 6.54 Å². The lowest BCUT2D eigenvalue weighted by Crippen LogP contribution is -2.27. The highest BCUT2D eigenvalue weighted by Crippen LogP contribution is 2.14. The zero-order chi connectivity index (χ0) is 15.8. The molecule has 0 saturated heterocycles. The van der Waals surface area contributed by atoms with Gasteiger partial charge in [-0.1, -0.05) is 97.8 Å². The van der Waals surface area contributed by atoms with Gasteiger partial charge >= 0.3 is 0 Å². The van der Waals surface area contributed by atoms with Gasteiger partial charge in [0.05, 0.1) is 0 Å². The fraction of sp³-hybridized carbons (Fsp3) is 1.00. The molecule has 0 heterocycles. The molecule has 1 atom stereocenters. The molecule has 0 amide bonds. The number of unbranched alkanes of at least 4 members (excludes halogenated alkanes) is 11. The molecular formula is C19H40NO-. The first kappa shape index (κ1) is 20.9. The van der Waals surface area contributed by atoms with Crippen LogP contribution in [0.4, 0.5) is 0 Å². The summed E-state index contributed by atoms with van der Waals surface area (Å²) in [5.41, 5.74) is 0. The molecule has 128 valence electrons. The van der Waals surface area contributed by atoms with Crippen LogP contribution in [-0.4, -0.2) is 17.6 Å². The summed E-state index contributed by atoms with van der Waals surface area (Å²) >= 11 is 0. The van der Waals surface area contributed by atoms with Crippen molar-refractivity contribution in [2.24, 2.45) is 0 Å². The minimum absolute atomic E-state index is 0.216. The second kappa shape index (κ2) is 16.3. The van der Waals surface area contributed by atoms with Crippen LogP contribution in [0, 0.1) is 5.21 Å². The van der Waals surface area contributed by atoms with Gasteiger partial charge in [0.25, 0.3) is 0 Å². The van der Waals surface area contributed by atoms with Gasteiger partial charge in [-0.15, -0.1) is 0 Å². The maximum Gasteiger partial charge on any atom is -0.00550 e. The Morgan fingerprint density at radius 2 is 1.10 bits per heavy atom. The first-order valence-corrected chi connectivity index (χ1v) is 9.66. The fourth-order valence-electron chi connectivity index (χ4n) is 2.87. The quantitative estimate of drug-likeness (QED) is 0.235. The van der Waals surface area contributed by atoms with Crippen LogP contribution in [0.25, 0.3) is 0 Å². The molecule has 2 nitrogen and oxygen atoms in total. The van der Waals surface area contributed by atoms with E-state index in [4.69, 9.17) is 0 Å². The van der Waals surface area contributed by atoms with Crippen LogP contribution in [0.15, 0.2) is 0 Å². The Balaban J connectivity index is 3.15. The molecule has 0 aliphatic carbocycles. The molecular weight excluding hydrogens is 258 g/mol. The van der Waals surface area contributed by atoms with Crippen molar-refractivity contribution in [2.45, 2.75) is 117 Å². The summed E-state index contributed by atoms with van der Waals surface area (Å²) in [6, 6.07) is 0.216. The van der Waals surface area contributed by atoms with Gasteiger partial charge in [-0.2, -0.15) is 0 Å². The zero-order valence-electron chi connectivity index (χ0n) is 15.0. The molecule has 0 N–H and O–H groups in total. The minimum atomic E-state index is 0.216. The lowest BCUT2D eigenvalue weighted by atomic mass is 10.0. The van der Waals surface area contributed by atoms with E-state index in [-0.39, 0.29) is 6.04 Å². The van der Waals surface area contributed by atoms with Gasteiger partial charge in [0.1, 0.15) is 0 Å². The van der Waals surface area contributed by atoms with E-state index in [1.54, 1.807) is 0 Å². The molecule has 0 saturated carbocycles. The van der Waals surface area contributed by atoms with E-state index in [2.05, 4.69) is 20.8 Å². The van der Waals surface area contributed by atoms with Crippen molar-refractivity contribution in [3.8, 4) is 0 Å². The highest BCUT2D eigenvalue weighted by atomic mass is 16.5. The first-order chi connectivity index (χ1) is 10.2. The van der Waals surface area contributed by atoms with E-state index in [1.807, 2.05) is 0 Å². The van der Waals surface area contributed by atoms with E-state index >= 15 is 0 Å². The number of nitrogens with zero attached hydrogens (tertiary/aromatic N) is 1. The molecule has 0 bridgehead atoms. The molecule has 21 heavy (non-hydrogen) atoms. The van der Waals surface area contributed by atoms with E-state index < -0.39 is 0 Å². The van der Waals surface area contributed by atoms with Crippen LogP contribution < -0.4 is 0 Å². The van der Waals surface area contributed by atoms with Gasteiger partial charge < -0.3 is 10.3 Å². The molecule has 1 unspecified atom stereocenters. The maximum atomic E-state index is 11.6. The van der Waals surface area contributed by atoms with E-state index in [1.165, 1.54) is 82.1 Å². The normalized spacial score (nSPS) is 13.0. The Labute approximate surface area is 134 Å². The number of rotatable bonds is 16. The van der Waals surface area contributed by atoms with Gasteiger partial charge in [-0.3, -0.25) is 0 Å². The van der Waals surface area contributed by atoms with Crippen molar-refractivity contribution >= 4 is 0 Å². The zero-order valence-corrected chi connectivity index (χ0v) is 15.0. The molecule has 0 aromatic carbocycles. The van der Waals surface area contributed by atoms with Crippen LogP contribution in [0.3, 0.4) is 0 Å². The summed E-state index contributed by atoms with van der Waals surface area (Å²) in [7, 11) is 0. The third kappa shape index (κ3) is 14.6. The molecule has 0 fully saturated rings. The molecule has 0 aliphatic rings. The molecule has 0 aromatic heterocycles. The number of hydrogen-bond donors (Lipinski definition) is 0. The van der Waals surface area contributed by atoms with Crippen LogP contribution in [-0.2, 0) is 0 Å². The Hall–Kier alpha value is -0.0800. The second-order valence-corrected chi connectivity index (χ2v) is 6.67. The van der Waals surface area contributed by atoms with E-state index in [0.717, 1.165) is 12.8 Å². The third-order valence-corrected chi connectivity index (χ3v) is 4.41. The fourth-order valence-corrected chi connectivity index (χ4v) is 2.87. The highest BCUT2D eigenvalue weighted by Gasteiger charge is 2.02. The van der Waals surface area contributed by atoms with Crippen LogP contribution in [0.1, 0.15) is 111 Å². The Kier molecular flexibility index (Phi) is 16.2. The second-order valence-electron chi connectivity index (χ2n) is 6.67. The topological polar surface area (TPSA) is 26.3 Å². The molecule has 0 aromatic rings. The van der Waals surface area contributed by atoms with Gasteiger partial charge in [0, 0.05) is 0 Å². The summed E-state index contributed by atoms with van der Waals surface area (Å²) in [6.45, 7) is 7.11. The number of hydroxylamine groups is 2.